The molecule has 0 saturated carbocycles. The Morgan fingerprint density at radius 2 is 2.25 bits per heavy atom. The lowest BCUT2D eigenvalue weighted by Crippen LogP contribution is -2.20. The highest BCUT2D eigenvalue weighted by Crippen LogP contribution is 2.43. The SMILES string of the molecule is CCOC(=O)c1c(C)nc(C2CC3CCC2O3)nc1N. The minimum Gasteiger partial charge on any atom is -0.462 e. The van der Waals surface area contributed by atoms with Crippen LogP contribution in [0.5, 0.6) is 0 Å². The summed E-state index contributed by atoms with van der Waals surface area (Å²) in [6.07, 6.45) is 3.66. The second-order valence-corrected chi connectivity index (χ2v) is 5.36. The summed E-state index contributed by atoms with van der Waals surface area (Å²) in [5.74, 6) is 0.637. The number of rotatable bonds is 3. The molecule has 2 N–H and O–H groups in total. The standard InChI is InChI=1S/C14H19N3O3/c1-3-19-14(18)11-7(2)16-13(17-12(11)15)9-6-8-4-5-10(9)20-8/h8-10H,3-6H2,1-2H3,(H2,15,16,17). The maximum atomic E-state index is 11.8. The average molecular weight is 277 g/mol. The number of esters is 1. The van der Waals surface area contributed by atoms with Crippen molar-refractivity contribution in [1.82, 2.24) is 9.97 Å². The van der Waals surface area contributed by atoms with Crippen LogP contribution in [-0.2, 0) is 9.47 Å². The molecule has 0 aromatic carbocycles. The third-order valence-corrected chi connectivity index (χ3v) is 4.05. The fourth-order valence-corrected chi connectivity index (χ4v) is 3.15. The van der Waals surface area contributed by atoms with Crippen LogP contribution in [-0.4, -0.2) is 34.8 Å². The maximum absolute atomic E-state index is 11.8. The normalized spacial score (nSPS) is 27.8. The summed E-state index contributed by atoms with van der Waals surface area (Å²) in [5, 5.41) is 0. The van der Waals surface area contributed by atoms with E-state index in [0.717, 1.165) is 19.3 Å². The molecule has 2 bridgehead atoms. The van der Waals surface area contributed by atoms with Crippen molar-refractivity contribution in [3.63, 3.8) is 0 Å². The van der Waals surface area contributed by atoms with Gasteiger partial charge in [-0.2, -0.15) is 0 Å². The molecular formula is C14H19N3O3. The monoisotopic (exact) mass is 277 g/mol. The van der Waals surface area contributed by atoms with E-state index in [4.69, 9.17) is 15.2 Å². The number of hydrogen-bond acceptors (Lipinski definition) is 6. The van der Waals surface area contributed by atoms with Gasteiger partial charge in [0.2, 0.25) is 0 Å². The van der Waals surface area contributed by atoms with E-state index in [0.29, 0.717) is 24.2 Å². The lowest BCUT2D eigenvalue weighted by atomic mass is 9.88. The van der Waals surface area contributed by atoms with Crippen molar-refractivity contribution in [1.29, 1.82) is 0 Å². The van der Waals surface area contributed by atoms with Gasteiger partial charge in [-0.25, -0.2) is 14.8 Å². The Kier molecular flexibility index (Phi) is 3.33. The second-order valence-electron chi connectivity index (χ2n) is 5.36. The molecule has 0 aliphatic carbocycles. The quantitative estimate of drug-likeness (QED) is 0.844. The highest BCUT2D eigenvalue weighted by Gasteiger charge is 2.43. The summed E-state index contributed by atoms with van der Waals surface area (Å²) in [6, 6.07) is 0. The summed E-state index contributed by atoms with van der Waals surface area (Å²) < 4.78 is 10.8. The number of nitrogens with zero attached hydrogens (tertiary/aromatic N) is 2. The summed E-state index contributed by atoms with van der Waals surface area (Å²) in [4.78, 5) is 20.6. The lowest BCUT2D eigenvalue weighted by molar-refractivity contribution is 0.0525. The molecule has 20 heavy (non-hydrogen) atoms. The molecule has 3 unspecified atom stereocenters. The first-order valence-corrected chi connectivity index (χ1v) is 7.06. The second kappa shape index (κ2) is 5.01. The third kappa shape index (κ3) is 2.14. The van der Waals surface area contributed by atoms with Crippen molar-refractivity contribution < 1.29 is 14.3 Å². The van der Waals surface area contributed by atoms with Gasteiger partial charge in [0, 0.05) is 5.92 Å². The van der Waals surface area contributed by atoms with Gasteiger partial charge in [-0.3, -0.25) is 0 Å². The summed E-state index contributed by atoms with van der Waals surface area (Å²) >= 11 is 0. The van der Waals surface area contributed by atoms with Crippen LogP contribution in [0, 0.1) is 6.92 Å². The zero-order valence-electron chi connectivity index (χ0n) is 11.8. The molecule has 3 heterocycles. The molecule has 0 radical (unpaired) electrons. The zero-order valence-corrected chi connectivity index (χ0v) is 11.8. The number of carbonyl (C=O) groups is 1. The Morgan fingerprint density at radius 1 is 1.45 bits per heavy atom. The van der Waals surface area contributed by atoms with Gasteiger partial charge < -0.3 is 15.2 Å². The molecular weight excluding hydrogens is 258 g/mol. The van der Waals surface area contributed by atoms with Crippen molar-refractivity contribution in [2.24, 2.45) is 0 Å². The summed E-state index contributed by atoms with van der Waals surface area (Å²) in [5.41, 5.74) is 6.78. The van der Waals surface area contributed by atoms with E-state index in [1.54, 1.807) is 13.8 Å². The number of ether oxygens (including phenoxy) is 2. The van der Waals surface area contributed by atoms with E-state index in [1.807, 2.05) is 0 Å². The molecule has 3 rings (SSSR count). The van der Waals surface area contributed by atoms with E-state index < -0.39 is 5.97 Å². The van der Waals surface area contributed by atoms with Gasteiger partial charge in [0.1, 0.15) is 17.2 Å². The molecule has 0 amide bonds. The molecule has 2 fully saturated rings. The zero-order chi connectivity index (χ0) is 14.3. The van der Waals surface area contributed by atoms with Crippen LogP contribution in [0.4, 0.5) is 5.82 Å². The molecule has 2 aliphatic rings. The summed E-state index contributed by atoms with van der Waals surface area (Å²) in [7, 11) is 0. The largest absolute Gasteiger partial charge is 0.462 e. The van der Waals surface area contributed by atoms with Crippen molar-refractivity contribution >= 4 is 11.8 Å². The van der Waals surface area contributed by atoms with Gasteiger partial charge in [0.25, 0.3) is 0 Å². The van der Waals surface area contributed by atoms with Crippen LogP contribution < -0.4 is 5.73 Å². The van der Waals surface area contributed by atoms with Gasteiger partial charge in [-0.05, 0) is 33.1 Å². The number of nitrogens with two attached hydrogens (primary N) is 1. The van der Waals surface area contributed by atoms with Crippen LogP contribution in [0.15, 0.2) is 0 Å². The van der Waals surface area contributed by atoms with Gasteiger partial charge in [-0.1, -0.05) is 0 Å². The minimum absolute atomic E-state index is 0.200. The number of aryl methyl sites for hydroxylation is 1. The Hall–Kier alpha value is -1.69. The first kappa shape index (κ1) is 13.3. The highest BCUT2D eigenvalue weighted by atomic mass is 16.5. The van der Waals surface area contributed by atoms with E-state index in [9.17, 15) is 4.79 Å². The molecule has 3 atom stereocenters. The fourth-order valence-electron chi connectivity index (χ4n) is 3.15. The first-order chi connectivity index (χ1) is 9.60. The van der Waals surface area contributed by atoms with Gasteiger partial charge in [0.15, 0.2) is 0 Å². The van der Waals surface area contributed by atoms with Crippen LogP contribution >= 0.6 is 0 Å². The van der Waals surface area contributed by atoms with Crippen molar-refractivity contribution in [3.8, 4) is 0 Å². The van der Waals surface area contributed by atoms with Crippen molar-refractivity contribution in [2.45, 2.75) is 51.2 Å². The van der Waals surface area contributed by atoms with E-state index in [-0.39, 0.29) is 23.4 Å². The highest BCUT2D eigenvalue weighted by molar-refractivity contribution is 5.95. The molecule has 2 aliphatic heterocycles. The molecule has 1 aromatic rings. The molecule has 6 heteroatoms. The van der Waals surface area contributed by atoms with Crippen LogP contribution in [0.2, 0.25) is 0 Å². The smallest absolute Gasteiger partial charge is 0.343 e. The molecule has 6 nitrogen and oxygen atoms in total. The Morgan fingerprint density at radius 3 is 2.80 bits per heavy atom. The summed E-state index contributed by atoms with van der Waals surface area (Å²) in [6.45, 7) is 3.83. The number of carbonyl (C=O) groups excluding carboxylic acids is 1. The van der Waals surface area contributed by atoms with E-state index >= 15 is 0 Å². The molecule has 1 aromatic heterocycles. The van der Waals surface area contributed by atoms with Gasteiger partial charge in [-0.15, -0.1) is 0 Å². The Labute approximate surface area is 117 Å². The molecule has 108 valence electrons. The number of fused-ring (bicyclic) bond motifs is 2. The van der Waals surface area contributed by atoms with Crippen LogP contribution in [0.25, 0.3) is 0 Å². The third-order valence-electron chi connectivity index (χ3n) is 4.05. The number of anilines is 1. The average Bonchev–Trinajstić information content (AvgIpc) is 3.00. The first-order valence-electron chi connectivity index (χ1n) is 7.06. The van der Waals surface area contributed by atoms with Gasteiger partial charge >= 0.3 is 5.97 Å². The molecule has 2 saturated heterocycles. The Balaban J connectivity index is 1.90. The Bertz CT molecular complexity index is 523. The van der Waals surface area contributed by atoms with Crippen LogP contribution in [0.1, 0.15) is 54.0 Å². The lowest BCUT2D eigenvalue weighted by Gasteiger charge is -2.18. The van der Waals surface area contributed by atoms with E-state index in [2.05, 4.69) is 9.97 Å². The number of hydrogen-bond donors (Lipinski definition) is 1. The predicted molar refractivity (Wildman–Crippen MR) is 72.4 cm³/mol. The number of aromatic nitrogens is 2. The fraction of sp³-hybridized carbons (Fsp3) is 0.643. The predicted octanol–water partition coefficient (Wildman–Crippen LogP) is 1.58. The van der Waals surface area contributed by atoms with E-state index in [1.165, 1.54) is 0 Å². The van der Waals surface area contributed by atoms with Gasteiger partial charge in [0.05, 0.1) is 24.5 Å². The van der Waals surface area contributed by atoms with Crippen molar-refractivity contribution in [2.75, 3.05) is 12.3 Å². The minimum atomic E-state index is -0.460. The van der Waals surface area contributed by atoms with Crippen molar-refractivity contribution in [3.05, 3.63) is 17.1 Å². The van der Waals surface area contributed by atoms with Crippen LogP contribution in [0.3, 0.4) is 0 Å². The molecule has 0 spiro atoms. The maximum Gasteiger partial charge on any atom is 0.343 e. The topological polar surface area (TPSA) is 87.3 Å². The number of nitrogen functional groups attached to an aromatic ring is 1.